The van der Waals surface area contributed by atoms with Crippen molar-refractivity contribution in [1.29, 1.82) is 5.26 Å². The molecule has 0 atom stereocenters. The number of nitriles is 1. The van der Waals surface area contributed by atoms with E-state index in [0.717, 1.165) is 5.56 Å². The largest absolute Gasteiger partial charge is 0.478 e. The molecule has 0 saturated heterocycles. The smallest absolute Gasteiger partial charge is 0.335 e. The summed E-state index contributed by atoms with van der Waals surface area (Å²) in [5.74, 6) is -0.957. The third-order valence-electron chi connectivity index (χ3n) is 2.73. The van der Waals surface area contributed by atoms with E-state index in [2.05, 4.69) is 11.4 Å². The van der Waals surface area contributed by atoms with E-state index in [0.29, 0.717) is 17.8 Å². The van der Waals surface area contributed by atoms with Gasteiger partial charge in [-0.2, -0.15) is 5.26 Å². The van der Waals surface area contributed by atoms with E-state index in [4.69, 9.17) is 10.4 Å². The van der Waals surface area contributed by atoms with Gasteiger partial charge in [0.2, 0.25) is 0 Å². The monoisotopic (exact) mass is 252 g/mol. The zero-order valence-electron chi connectivity index (χ0n) is 10.1. The van der Waals surface area contributed by atoms with Gasteiger partial charge in [0, 0.05) is 12.2 Å². The van der Waals surface area contributed by atoms with Gasteiger partial charge in [0.05, 0.1) is 17.2 Å². The van der Waals surface area contributed by atoms with Crippen molar-refractivity contribution < 1.29 is 9.90 Å². The zero-order chi connectivity index (χ0) is 13.7. The third kappa shape index (κ3) is 3.11. The Morgan fingerprint density at radius 1 is 1.21 bits per heavy atom. The van der Waals surface area contributed by atoms with Crippen LogP contribution in [0.25, 0.3) is 0 Å². The maximum atomic E-state index is 10.9. The highest BCUT2D eigenvalue weighted by Crippen LogP contribution is 2.14. The lowest BCUT2D eigenvalue weighted by Gasteiger charge is -2.08. The molecule has 0 aliphatic rings. The molecule has 0 saturated carbocycles. The summed E-state index contributed by atoms with van der Waals surface area (Å²) in [6.07, 6.45) is 0. The lowest BCUT2D eigenvalue weighted by Crippen LogP contribution is -2.03. The number of aromatic carboxylic acids is 1. The van der Waals surface area contributed by atoms with Crippen LogP contribution in [0, 0.1) is 11.3 Å². The van der Waals surface area contributed by atoms with E-state index in [9.17, 15) is 4.79 Å². The molecule has 0 fully saturated rings. The second kappa shape index (κ2) is 5.69. The molecule has 0 aromatic heterocycles. The second-order valence-corrected chi connectivity index (χ2v) is 4.01. The number of carboxylic acids is 1. The van der Waals surface area contributed by atoms with Gasteiger partial charge in [-0.15, -0.1) is 0 Å². The van der Waals surface area contributed by atoms with Crippen LogP contribution in [0.2, 0.25) is 0 Å². The van der Waals surface area contributed by atoms with Crippen LogP contribution in [0.15, 0.2) is 48.5 Å². The minimum Gasteiger partial charge on any atom is -0.478 e. The normalized spacial score (nSPS) is 9.63. The molecule has 2 aromatic rings. The van der Waals surface area contributed by atoms with E-state index in [1.54, 1.807) is 24.3 Å². The lowest BCUT2D eigenvalue weighted by atomic mass is 10.1. The van der Waals surface area contributed by atoms with Crippen LogP contribution in [-0.4, -0.2) is 11.1 Å². The van der Waals surface area contributed by atoms with Crippen LogP contribution < -0.4 is 5.32 Å². The predicted octanol–water partition coefficient (Wildman–Crippen LogP) is 2.87. The number of hydrogen-bond acceptors (Lipinski definition) is 3. The third-order valence-corrected chi connectivity index (χ3v) is 2.73. The van der Waals surface area contributed by atoms with E-state index in [1.165, 1.54) is 6.07 Å². The summed E-state index contributed by atoms with van der Waals surface area (Å²) in [7, 11) is 0. The van der Waals surface area contributed by atoms with Gasteiger partial charge < -0.3 is 10.4 Å². The minimum atomic E-state index is -0.957. The van der Waals surface area contributed by atoms with E-state index in [1.807, 2.05) is 18.2 Å². The molecule has 2 N–H and O–H groups in total. The van der Waals surface area contributed by atoms with Crippen LogP contribution in [0.5, 0.6) is 0 Å². The fourth-order valence-electron chi connectivity index (χ4n) is 1.74. The molecule has 0 aliphatic heterocycles. The summed E-state index contributed by atoms with van der Waals surface area (Å²) in [6.45, 7) is 0.479. The molecule has 0 amide bonds. The van der Waals surface area contributed by atoms with Gasteiger partial charge in [-0.25, -0.2) is 4.79 Å². The molecule has 94 valence electrons. The first kappa shape index (κ1) is 12.7. The van der Waals surface area contributed by atoms with Crippen molar-refractivity contribution in [3.63, 3.8) is 0 Å². The van der Waals surface area contributed by atoms with Crippen molar-refractivity contribution in [2.24, 2.45) is 0 Å². The van der Waals surface area contributed by atoms with E-state index in [-0.39, 0.29) is 5.56 Å². The maximum Gasteiger partial charge on any atom is 0.335 e. The van der Waals surface area contributed by atoms with Gasteiger partial charge >= 0.3 is 5.97 Å². The van der Waals surface area contributed by atoms with E-state index >= 15 is 0 Å². The fraction of sp³-hybridized carbons (Fsp3) is 0.0667. The van der Waals surface area contributed by atoms with Gasteiger partial charge in [0.15, 0.2) is 0 Å². The molecule has 0 bridgehead atoms. The van der Waals surface area contributed by atoms with Crippen molar-refractivity contribution >= 4 is 11.7 Å². The Labute approximate surface area is 110 Å². The lowest BCUT2D eigenvalue weighted by molar-refractivity contribution is 0.0697. The number of benzene rings is 2. The quantitative estimate of drug-likeness (QED) is 0.877. The van der Waals surface area contributed by atoms with E-state index < -0.39 is 5.97 Å². The number of carbonyl (C=O) groups is 1. The first-order chi connectivity index (χ1) is 9.20. The second-order valence-electron chi connectivity index (χ2n) is 4.01. The highest BCUT2D eigenvalue weighted by Gasteiger charge is 2.04. The molecule has 0 heterocycles. The number of anilines is 1. The summed E-state index contributed by atoms with van der Waals surface area (Å²) in [6, 6.07) is 16.0. The SMILES string of the molecule is N#Cc1ccccc1CNc1cccc(C(=O)O)c1. The molecule has 4 nitrogen and oxygen atoms in total. The van der Waals surface area contributed by atoms with Crippen molar-refractivity contribution in [2.45, 2.75) is 6.54 Å². The summed E-state index contributed by atoms with van der Waals surface area (Å²) < 4.78 is 0. The van der Waals surface area contributed by atoms with Crippen molar-refractivity contribution in [2.75, 3.05) is 5.32 Å². The number of nitrogens with zero attached hydrogens (tertiary/aromatic N) is 1. The maximum absolute atomic E-state index is 10.9. The van der Waals surface area contributed by atoms with Gasteiger partial charge in [-0.05, 0) is 29.8 Å². The Morgan fingerprint density at radius 3 is 2.74 bits per heavy atom. The molecule has 0 unspecified atom stereocenters. The van der Waals surface area contributed by atoms with Crippen LogP contribution in [0.4, 0.5) is 5.69 Å². The highest BCUT2D eigenvalue weighted by molar-refractivity contribution is 5.88. The number of nitrogens with one attached hydrogen (secondary N) is 1. The van der Waals surface area contributed by atoms with Gasteiger partial charge in [0.25, 0.3) is 0 Å². The Hall–Kier alpha value is -2.80. The molecule has 0 aliphatic carbocycles. The summed E-state index contributed by atoms with van der Waals surface area (Å²) >= 11 is 0. The molecular weight excluding hydrogens is 240 g/mol. The Kier molecular flexibility index (Phi) is 3.79. The zero-order valence-corrected chi connectivity index (χ0v) is 10.1. The summed E-state index contributed by atoms with van der Waals surface area (Å²) in [5.41, 5.74) is 2.45. The van der Waals surface area contributed by atoms with Crippen LogP contribution in [0.1, 0.15) is 21.5 Å². The first-order valence-electron chi connectivity index (χ1n) is 5.76. The predicted molar refractivity (Wildman–Crippen MR) is 71.9 cm³/mol. The molecule has 2 aromatic carbocycles. The van der Waals surface area contributed by atoms with Gasteiger partial charge in [-0.3, -0.25) is 0 Å². The van der Waals surface area contributed by atoms with Crippen LogP contribution in [0.3, 0.4) is 0 Å². The fourth-order valence-corrected chi connectivity index (χ4v) is 1.74. The number of rotatable bonds is 4. The number of carboxylic acid groups (broad SMARTS) is 1. The van der Waals surface area contributed by atoms with Gasteiger partial charge in [-0.1, -0.05) is 24.3 Å². The van der Waals surface area contributed by atoms with Crippen molar-refractivity contribution in [3.05, 3.63) is 65.2 Å². The highest BCUT2D eigenvalue weighted by atomic mass is 16.4. The average molecular weight is 252 g/mol. The molecule has 2 rings (SSSR count). The summed E-state index contributed by atoms with van der Waals surface area (Å²) in [5, 5.41) is 21.0. The topological polar surface area (TPSA) is 73.1 Å². The van der Waals surface area contributed by atoms with Crippen LogP contribution in [-0.2, 0) is 6.54 Å². The standard InChI is InChI=1S/C15H12N2O2/c16-9-12-4-1-2-5-13(12)10-17-14-7-3-6-11(8-14)15(18)19/h1-8,17H,10H2,(H,18,19). The van der Waals surface area contributed by atoms with Crippen LogP contribution >= 0.6 is 0 Å². The Morgan fingerprint density at radius 2 is 2.00 bits per heavy atom. The molecular formula is C15H12N2O2. The molecule has 0 spiro atoms. The Balaban J connectivity index is 2.13. The first-order valence-corrected chi connectivity index (χ1v) is 5.76. The summed E-state index contributed by atoms with van der Waals surface area (Å²) in [4.78, 5) is 10.9. The van der Waals surface area contributed by atoms with Crippen molar-refractivity contribution in [3.8, 4) is 6.07 Å². The van der Waals surface area contributed by atoms with Crippen molar-refractivity contribution in [1.82, 2.24) is 0 Å². The molecule has 19 heavy (non-hydrogen) atoms. The van der Waals surface area contributed by atoms with Gasteiger partial charge in [0.1, 0.15) is 0 Å². The molecule has 4 heteroatoms. The number of hydrogen-bond donors (Lipinski definition) is 2. The minimum absolute atomic E-state index is 0.235. The molecule has 0 radical (unpaired) electrons. The average Bonchev–Trinajstić information content (AvgIpc) is 2.45. The Bertz CT molecular complexity index is 645.